The van der Waals surface area contributed by atoms with Gasteiger partial charge in [-0.1, -0.05) is 158 Å². The summed E-state index contributed by atoms with van der Waals surface area (Å²) in [6.07, 6.45) is 2.13. The first kappa shape index (κ1) is 58.0. The number of thiophene rings is 4. The maximum absolute atomic E-state index is 6.35. The first-order valence-electron chi connectivity index (χ1n) is 34.6. The van der Waals surface area contributed by atoms with Gasteiger partial charge in [0.05, 0.1) is 33.6 Å². The first-order valence-corrected chi connectivity index (χ1v) is 37.9. The van der Waals surface area contributed by atoms with Crippen molar-refractivity contribution in [1.82, 2.24) is 29.1 Å². The number of aromatic nitrogens is 6. The molecule has 0 saturated carbocycles. The van der Waals surface area contributed by atoms with Crippen LogP contribution in [0.4, 0.5) is 0 Å². The highest BCUT2D eigenvalue weighted by Crippen LogP contribution is 2.49. The monoisotopic (exact) mass is 1400 g/mol. The van der Waals surface area contributed by atoms with E-state index in [0.717, 1.165) is 136 Å². The van der Waals surface area contributed by atoms with Gasteiger partial charge >= 0.3 is 0 Å². The fourth-order valence-corrected chi connectivity index (χ4v) is 20.6. The Morgan fingerprint density at radius 3 is 1.45 bits per heavy atom. The smallest absolute Gasteiger partial charge is 0.162 e. The van der Waals surface area contributed by atoms with Gasteiger partial charge < -0.3 is 18.0 Å². The van der Waals surface area contributed by atoms with Crippen molar-refractivity contribution in [3.63, 3.8) is 0 Å². The van der Waals surface area contributed by atoms with E-state index in [0.29, 0.717) is 5.82 Å². The van der Waals surface area contributed by atoms with E-state index in [4.69, 9.17) is 28.8 Å². The normalized spacial score (nSPS) is 12.2. The van der Waals surface area contributed by atoms with Crippen LogP contribution < -0.4 is 0 Å². The van der Waals surface area contributed by atoms with Crippen LogP contribution in [-0.2, 0) is 0 Å². The number of rotatable bonds is 6. The Morgan fingerprint density at radius 2 is 0.750 bits per heavy atom. The van der Waals surface area contributed by atoms with Crippen LogP contribution in [0.2, 0.25) is 0 Å². The Hall–Kier alpha value is -12.7. The summed E-state index contributed by atoms with van der Waals surface area (Å²) in [5, 5.41) is 20.0. The number of nitrogens with zero attached hydrogens (tertiary/aromatic N) is 6. The SMILES string of the molecule is c1ccc2c(c1)ccn2-c1ccc(-c2nc(-c3ccc4sc5ccccc5c4c3)c3c(n2)sc2cc4sc5ccccc5c4cc23)cc1.c1ccc2c(c1)oc1ccc(-c3nc(-c4ccc(-n5c6ccccc6c6ccccc65)c5ccccc45)nc4sc5cc6oc7ccccc7c6cc5c34)cc12. The van der Waals surface area contributed by atoms with Crippen LogP contribution in [0.1, 0.15) is 0 Å². The number of para-hydroxylation sites is 5. The topological polar surface area (TPSA) is 87.7 Å². The molecule has 0 spiro atoms. The van der Waals surface area contributed by atoms with Crippen LogP contribution in [0.3, 0.4) is 0 Å². The summed E-state index contributed by atoms with van der Waals surface area (Å²) in [5.41, 5.74) is 15.3. The summed E-state index contributed by atoms with van der Waals surface area (Å²) in [6.45, 7) is 0. The van der Waals surface area contributed by atoms with E-state index in [1.807, 2.05) is 46.9 Å². The van der Waals surface area contributed by atoms with Crippen molar-refractivity contribution in [3.05, 3.63) is 303 Å². The van der Waals surface area contributed by atoms with Crippen LogP contribution in [0.15, 0.2) is 312 Å². The fourth-order valence-electron chi connectivity index (χ4n) is 16.1. The molecule has 14 aromatic carbocycles. The lowest BCUT2D eigenvalue weighted by Crippen LogP contribution is -1.98. The molecule has 484 valence electrons. The molecule has 0 N–H and O–H groups in total. The van der Waals surface area contributed by atoms with E-state index in [9.17, 15) is 0 Å². The van der Waals surface area contributed by atoms with Gasteiger partial charge in [0.1, 0.15) is 32.0 Å². The Bertz CT molecular complexity index is 7720. The van der Waals surface area contributed by atoms with Gasteiger partial charge in [-0.3, -0.25) is 0 Å². The third-order valence-electron chi connectivity index (χ3n) is 20.9. The molecular weight excluding hydrogens is 1350 g/mol. The number of fused-ring (bicyclic) bond motifs is 23. The van der Waals surface area contributed by atoms with E-state index in [1.165, 1.54) is 83.1 Å². The second kappa shape index (κ2) is 22.4. The molecule has 24 rings (SSSR count). The lowest BCUT2D eigenvalue weighted by molar-refractivity contribution is 0.669. The third-order valence-corrected chi connectivity index (χ3v) is 25.3. The molecule has 0 aliphatic heterocycles. The molecule has 0 fully saturated rings. The zero-order valence-electron chi connectivity index (χ0n) is 55.0. The van der Waals surface area contributed by atoms with Gasteiger partial charge in [0.25, 0.3) is 0 Å². The van der Waals surface area contributed by atoms with E-state index < -0.39 is 0 Å². The quantitative estimate of drug-likeness (QED) is 0.165. The summed E-state index contributed by atoms with van der Waals surface area (Å²) in [4.78, 5) is 23.6. The molecule has 0 unspecified atom stereocenters. The summed E-state index contributed by atoms with van der Waals surface area (Å²) >= 11 is 7.16. The Kier molecular flexibility index (Phi) is 12.5. The molecule has 0 saturated heterocycles. The zero-order valence-corrected chi connectivity index (χ0v) is 58.3. The Balaban J connectivity index is 0.000000129. The van der Waals surface area contributed by atoms with Crippen LogP contribution in [0, 0.1) is 0 Å². The molecule has 0 atom stereocenters. The average Bonchev–Trinajstić information content (AvgIpc) is 1.55. The lowest BCUT2D eigenvalue weighted by atomic mass is 10.00. The molecule has 0 aliphatic carbocycles. The van der Waals surface area contributed by atoms with Crippen LogP contribution >= 0.6 is 45.3 Å². The number of hydrogen-bond donors (Lipinski definition) is 0. The van der Waals surface area contributed by atoms with Gasteiger partial charge in [0.2, 0.25) is 0 Å². The van der Waals surface area contributed by atoms with Gasteiger partial charge in [-0.15, -0.1) is 45.3 Å². The second-order valence-electron chi connectivity index (χ2n) is 26.7. The van der Waals surface area contributed by atoms with Gasteiger partial charge in [0, 0.05) is 143 Å². The molecule has 12 heteroatoms. The summed E-state index contributed by atoms with van der Waals surface area (Å²) < 4.78 is 24.8. The van der Waals surface area contributed by atoms with Crippen LogP contribution in [0.25, 0.3) is 225 Å². The van der Waals surface area contributed by atoms with Crippen molar-refractivity contribution < 1.29 is 8.83 Å². The first-order chi connectivity index (χ1) is 51.5. The van der Waals surface area contributed by atoms with Crippen molar-refractivity contribution in [2.75, 3.05) is 0 Å². The molecule has 0 aliphatic rings. The van der Waals surface area contributed by atoms with Crippen molar-refractivity contribution in [1.29, 1.82) is 0 Å². The summed E-state index contributed by atoms with van der Waals surface area (Å²) in [5.74, 6) is 1.44. The van der Waals surface area contributed by atoms with E-state index in [-0.39, 0.29) is 0 Å². The van der Waals surface area contributed by atoms with Crippen LogP contribution in [-0.4, -0.2) is 29.1 Å². The summed E-state index contributed by atoms with van der Waals surface area (Å²) in [6, 6.07) is 106. The van der Waals surface area contributed by atoms with E-state index in [2.05, 4.69) is 288 Å². The van der Waals surface area contributed by atoms with Crippen molar-refractivity contribution in [3.8, 4) is 56.7 Å². The van der Waals surface area contributed by atoms with Crippen molar-refractivity contribution >= 4 is 214 Å². The largest absolute Gasteiger partial charge is 0.456 e. The lowest BCUT2D eigenvalue weighted by Gasteiger charge is -2.15. The molecule has 10 aromatic heterocycles. The molecule has 8 nitrogen and oxygen atoms in total. The predicted octanol–water partition coefficient (Wildman–Crippen LogP) is 27.1. The highest BCUT2D eigenvalue weighted by atomic mass is 32.1. The molecule has 24 aromatic rings. The Labute approximate surface area is 607 Å². The minimum atomic E-state index is 0.690. The molecular formula is C92H50N6O2S4. The number of hydrogen-bond acceptors (Lipinski definition) is 10. The maximum atomic E-state index is 6.35. The van der Waals surface area contributed by atoms with E-state index in [1.54, 1.807) is 22.7 Å². The van der Waals surface area contributed by atoms with Gasteiger partial charge in [-0.25, -0.2) is 19.9 Å². The van der Waals surface area contributed by atoms with E-state index >= 15 is 0 Å². The number of benzene rings is 14. The Morgan fingerprint density at radius 1 is 0.269 bits per heavy atom. The minimum Gasteiger partial charge on any atom is -0.456 e. The molecule has 104 heavy (non-hydrogen) atoms. The second-order valence-corrected chi connectivity index (χ2v) is 30.9. The van der Waals surface area contributed by atoms with Crippen molar-refractivity contribution in [2.45, 2.75) is 0 Å². The maximum Gasteiger partial charge on any atom is 0.162 e. The third kappa shape index (κ3) is 8.80. The predicted molar refractivity (Wildman–Crippen MR) is 441 cm³/mol. The highest BCUT2D eigenvalue weighted by Gasteiger charge is 2.25. The number of furan rings is 2. The molecule has 0 radical (unpaired) electrons. The average molecular weight is 1400 g/mol. The van der Waals surface area contributed by atoms with Gasteiger partial charge in [-0.05, 0) is 150 Å². The zero-order chi connectivity index (χ0) is 67.8. The molecule has 0 bridgehead atoms. The van der Waals surface area contributed by atoms with Gasteiger partial charge in [-0.2, -0.15) is 0 Å². The highest BCUT2D eigenvalue weighted by molar-refractivity contribution is 7.28. The van der Waals surface area contributed by atoms with Crippen LogP contribution in [0.5, 0.6) is 0 Å². The van der Waals surface area contributed by atoms with Crippen molar-refractivity contribution in [2.24, 2.45) is 0 Å². The fraction of sp³-hybridized carbons (Fsp3) is 0. The minimum absolute atomic E-state index is 0.690. The standard InChI is InChI=1S/C50H27N3O2S.C42H23N3S3/c1-2-12-30-29(11-1)35(22-23-41(30)53-39-17-7-3-13-31(39)32-14-4-8-18-40(32)53)49-51-48(28-21-24-44-36(25-28)33-15-5-9-19-42(33)54-44)47-38-26-37-34-16-6-10-20-43(34)55-45(37)27-46(38)56-50(47)52-49;1-4-10-33-24(7-1)19-20-45(33)27-16-13-25(14-17-27)41-43-40(26-15-18-36-30(21-26)28-8-2-5-11-34(28)46-36)39-32-22-31-29-9-3-6-12-35(29)47-37(31)23-38(32)48-42(39)44-41/h1-27H;1-23H. The summed E-state index contributed by atoms with van der Waals surface area (Å²) in [7, 11) is 0. The molecule has 10 heterocycles. The van der Waals surface area contributed by atoms with Gasteiger partial charge in [0.15, 0.2) is 11.6 Å². The molecule has 0 amide bonds.